The van der Waals surface area contributed by atoms with Crippen molar-refractivity contribution >= 4 is 28.5 Å². The second-order valence-corrected chi connectivity index (χ2v) is 10.4. The monoisotopic (exact) mass is 644 g/mol. The number of aliphatic hydroxyl groups is 2. The number of aromatic amines is 1. The van der Waals surface area contributed by atoms with Crippen LogP contribution >= 0.6 is 22.6 Å². The summed E-state index contributed by atoms with van der Waals surface area (Å²) in [5, 5.41) is 21.4. The first kappa shape index (κ1) is 28.7. The molecule has 8 nitrogen and oxygen atoms in total. The third-order valence-corrected chi connectivity index (χ3v) is 7.08. The molecule has 1 aromatic heterocycles. The molecule has 0 saturated heterocycles. The van der Waals surface area contributed by atoms with Gasteiger partial charge in [-0.05, 0) is 64.0 Å². The number of imidazole rings is 1. The Labute approximate surface area is 239 Å². The molecule has 204 valence electrons. The Morgan fingerprint density at radius 3 is 2.51 bits per heavy atom. The number of aliphatic hydroxyl groups excluding tert-OH is 2. The van der Waals surface area contributed by atoms with Gasteiger partial charge in [0.1, 0.15) is 36.1 Å². The maximum atomic E-state index is 14.6. The van der Waals surface area contributed by atoms with Crippen LogP contribution in [0.3, 0.4) is 0 Å². The number of carbonyl (C=O) groups is 1. The van der Waals surface area contributed by atoms with Gasteiger partial charge in [0, 0.05) is 15.1 Å². The number of nitrogens with one attached hydrogen (secondary N) is 2. The average Bonchev–Trinajstić information content (AvgIpc) is 3.44. The molecule has 0 aliphatic heterocycles. The number of carbonyl (C=O) groups excluding carboxylic acids is 1. The molecule has 10 heteroatoms. The van der Waals surface area contributed by atoms with E-state index in [0.717, 1.165) is 9.13 Å². The number of amides is 1. The fraction of sp³-hybridized carbons (Fsp3) is 0.241. The summed E-state index contributed by atoms with van der Waals surface area (Å²) < 4.78 is 20.8. The molecular weight excluding hydrogens is 614 g/mol. The van der Waals surface area contributed by atoms with Gasteiger partial charge in [0.05, 0.1) is 24.5 Å². The Hall–Kier alpha value is -3.32. The molecule has 6 N–H and O–H groups in total. The van der Waals surface area contributed by atoms with Crippen LogP contribution in [0.1, 0.15) is 41.9 Å². The summed E-state index contributed by atoms with van der Waals surface area (Å²) in [4.78, 5) is 21.0. The van der Waals surface area contributed by atoms with Gasteiger partial charge in [0.15, 0.2) is 0 Å². The standard InChI is InChI=1S/C29H30FIN4O4/c1-17(18-5-3-2-4-6-18)27(28-33-14-25(34-28)23-12-9-20(31)13-24(23)30)35-29(38)26(32)19-7-10-22(11-8-19)39-16-21(37)15-36/h2-14,17,21,26-27,36-37H,15-16,32H2,1H3,(H,33,34)(H,35,38)/t17-,21+,26-,27+/m1/s1. The van der Waals surface area contributed by atoms with E-state index >= 15 is 0 Å². The molecule has 0 aliphatic rings. The molecule has 4 atom stereocenters. The van der Waals surface area contributed by atoms with Crippen LogP contribution in [-0.2, 0) is 4.79 Å². The normalized spacial score (nSPS) is 14.3. The van der Waals surface area contributed by atoms with E-state index in [-0.39, 0.29) is 18.3 Å². The highest BCUT2D eigenvalue weighted by Gasteiger charge is 2.28. The molecule has 4 aromatic rings. The number of H-pyrrole nitrogens is 1. The smallest absolute Gasteiger partial charge is 0.242 e. The van der Waals surface area contributed by atoms with Crippen molar-refractivity contribution in [2.45, 2.75) is 31.0 Å². The van der Waals surface area contributed by atoms with Crippen LogP contribution in [0.5, 0.6) is 5.75 Å². The van der Waals surface area contributed by atoms with Gasteiger partial charge >= 0.3 is 0 Å². The molecule has 1 amide bonds. The summed E-state index contributed by atoms with van der Waals surface area (Å²) in [7, 11) is 0. The molecule has 0 fully saturated rings. The van der Waals surface area contributed by atoms with Crippen molar-refractivity contribution in [1.29, 1.82) is 0 Å². The lowest BCUT2D eigenvalue weighted by atomic mass is 9.92. The highest BCUT2D eigenvalue weighted by molar-refractivity contribution is 14.1. The molecule has 0 saturated carbocycles. The van der Waals surface area contributed by atoms with Crippen molar-refractivity contribution in [3.05, 3.63) is 105 Å². The summed E-state index contributed by atoms with van der Waals surface area (Å²) in [5.74, 6) is -0.0114. The number of hydrogen-bond acceptors (Lipinski definition) is 6. The zero-order chi connectivity index (χ0) is 27.9. The first-order valence-electron chi connectivity index (χ1n) is 12.4. The van der Waals surface area contributed by atoms with Crippen molar-refractivity contribution in [3.8, 4) is 17.0 Å². The predicted molar refractivity (Wildman–Crippen MR) is 154 cm³/mol. The minimum atomic E-state index is -0.981. The molecule has 0 unspecified atom stereocenters. The number of ether oxygens (including phenoxy) is 1. The van der Waals surface area contributed by atoms with Gasteiger partial charge in [0.2, 0.25) is 5.91 Å². The van der Waals surface area contributed by atoms with Crippen LogP contribution in [0, 0.1) is 9.39 Å². The number of hydrogen-bond donors (Lipinski definition) is 5. The van der Waals surface area contributed by atoms with E-state index in [1.165, 1.54) is 6.07 Å². The van der Waals surface area contributed by atoms with Crippen LogP contribution in [0.4, 0.5) is 4.39 Å². The second-order valence-electron chi connectivity index (χ2n) is 9.19. The van der Waals surface area contributed by atoms with E-state index in [4.69, 9.17) is 15.6 Å². The van der Waals surface area contributed by atoms with Gasteiger partial charge in [-0.2, -0.15) is 0 Å². The second kappa shape index (κ2) is 13.2. The Bertz CT molecular complexity index is 1380. The summed E-state index contributed by atoms with van der Waals surface area (Å²) >= 11 is 2.05. The van der Waals surface area contributed by atoms with Crippen LogP contribution in [-0.4, -0.2) is 45.4 Å². The van der Waals surface area contributed by atoms with Crippen molar-refractivity contribution in [2.24, 2.45) is 5.73 Å². The van der Waals surface area contributed by atoms with Gasteiger partial charge in [0.25, 0.3) is 0 Å². The number of benzene rings is 3. The lowest BCUT2D eigenvalue weighted by Crippen LogP contribution is -2.39. The zero-order valence-corrected chi connectivity index (χ0v) is 23.4. The third-order valence-electron chi connectivity index (χ3n) is 6.41. The Balaban J connectivity index is 1.56. The Morgan fingerprint density at radius 2 is 1.85 bits per heavy atom. The zero-order valence-electron chi connectivity index (χ0n) is 21.2. The predicted octanol–water partition coefficient (Wildman–Crippen LogP) is 4.21. The molecular formula is C29H30FIN4O4. The molecule has 4 rings (SSSR count). The quantitative estimate of drug-likeness (QED) is 0.156. The van der Waals surface area contributed by atoms with E-state index in [1.807, 2.05) is 43.3 Å². The van der Waals surface area contributed by atoms with Crippen LogP contribution in [0.2, 0.25) is 0 Å². The van der Waals surface area contributed by atoms with Gasteiger partial charge in [-0.3, -0.25) is 4.79 Å². The minimum absolute atomic E-state index is 0.0569. The molecule has 1 heterocycles. The molecule has 3 aromatic carbocycles. The van der Waals surface area contributed by atoms with E-state index in [9.17, 15) is 14.3 Å². The fourth-order valence-electron chi connectivity index (χ4n) is 4.13. The van der Waals surface area contributed by atoms with Crippen molar-refractivity contribution in [3.63, 3.8) is 0 Å². The SMILES string of the molecule is C[C@H](c1ccccc1)[C@H](NC(=O)[C@H](N)c1ccc(OC[C@@H](O)CO)cc1)c1ncc(-c2ccc(I)cc2F)[nH]1. The average molecular weight is 644 g/mol. The maximum absolute atomic E-state index is 14.6. The van der Waals surface area contributed by atoms with Crippen molar-refractivity contribution in [1.82, 2.24) is 15.3 Å². The molecule has 0 spiro atoms. The lowest BCUT2D eigenvalue weighted by Gasteiger charge is -2.26. The third kappa shape index (κ3) is 7.21. The number of rotatable bonds is 11. The molecule has 39 heavy (non-hydrogen) atoms. The number of nitrogens with two attached hydrogens (primary N) is 1. The number of halogens is 2. The number of aromatic nitrogens is 2. The van der Waals surface area contributed by atoms with Gasteiger partial charge < -0.3 is 31.0 Å². The van der Waals surface area contributed by atoms with Crippen LogP contribution in [0.25, 0.3) is 11.3 Å². The summed E-state index contributed by atoms with van der Waals surface area (Å²) in [6, 6.07) is 19.7. The van der Waals surface area contributed by atoms with Crippen molar-refractivity contribution in [2.75, 3.05) is 13.2 Å². The summed E-state index contributed by atoms with van der Waals surface area (Å²) in [5.41, 5.74) is 8.76. The Morgan fingerprint density at radius 1 is 1.13 bits per heavy atom. The lowest BCUT2D eigenvalue weighted by molar-refractivity contribution is -0.123. The minimum Gasteiger partial charge on any atom is -0.491 e. The van der Waals surface area contributed by atoms with Crippen LogP contribution in [0.15, 0.2) is 79.0 Å². The highest BCUT2D eigenvalue weighted by Crippen LogP contribution is 2.32. The summed E-state index contributed by atoms with van der Waals surface area (Å²) in [6.45, 7) is 1.52. The molecule has 0 aliphatic carbocycles. The van der Waals surface area contributed by atoms with Gasteiger partial charge in [-0.1, -0.05) is 49.4 Å². The van der Waals surface area contributed by atoms with E-state index in [2.05, 4.69) is 37.9 Å². The fourth-order valence-corrected chi connectivity index (χ4v) is 4.58. The van der Waals surface area contributed by atoms with E-state index in [0.29, 0.717) is 28.4 Å². The highest BCUT2D eigenvalue weighted by atomic mass is 127. The van der Waals surface area contributed by atoms with Crippen molar-refractivity contribution < 1.29 is 24.1 Å². The van der Waals surface area contributed by atoms with E-state index in [1.54, 1.807) is 36.5 Å². The Kier molecular flexibility index (Phi) is 9.68. The maximum Gasteiger partial charge on any atom is 0.242 e. The molecule has 0 bridgehead atoms. The first-order chi connectivity index (χ1) is 18.8. The van der Waals surface area contributed by atoms with Gasteiger partial charge in [-0.15, -0.1) is 0 Å². The largest absolute Gasteiger partial charge is 0.491 e. The van der Waals surface area contributed by atoms with Crippen LogP contribution < -0.4 is 15.8 Å². The number of nitrogens with zero attached hydrogens (tertiary/aromatic N) is 1. The van der Waals surface area contributed by atoms with Gasteiger partial charge in [-0.25, -0.2) is 9.37 Å². The first-order valence-corrected chi connectivity index (χ1v) is 13.5. The molecule has 0 radical (unpaired) electrons. The summed E-state index contributed by atoms with van der Waals surface area (Å²) in [6.07, 6.45) is 0.578. The topological polar surface area (TPSA) is 133 Å². The van der Waals surface area contributed by atoms with E-state index < -0.39 is 30.7 Å².